The van der Waals surface area contributed by atoms with Gasteiger partial charge >= 0.3 is 0 Å². The van der Waals surface area contributed by atoms with Crippen LogP contribution in [0.25, 0.3) is 17.1 Å². The minimum atomic E-state index is -0.511. The van der Waals surface area contributed by atoms with Crippen molar-refractivity contribution in [1.82, 2.24) is 14.8 Å². The number of nitrogens with zero attached hydrogens (tertiary/aromatic N) is 3. The number of carbonyl (C=O) groups is 1. The summed E-state index contributed by atoms with van der Waals surface area (Å²) in [6.45, 7) is 1.97. The summed E-state index contributed by atoms with van der Waals surface area (Å²) in [7, 11) is 0. The van der Waals surface area contributed by atoms with Crippen LogP contribution < -0.4 is 5.32 Å². The van der Waals surface area contributed by atoms with Crippen molar-refractivity contribution in [2.24, 2.45) is 0 Å². The molecule has 0 unspecified atom stereocenters. The second kappa shape index (κ2) is 8.26. The van der Waals surface area contributed by atoms with Gasteiger partial charge in [-0.1, -0.05) is 40.9 Å². The summed E-state index contributed by atoms with van der Waals surface area (Å²) in [5.41, 5.74) is 2.89. The van der Waals surface area contributed by atoms with E-state index in [0.29, 0.717) is 27.1 Å². The maximum atomic E-state index is 13.4. The smallest absolute Gasteiger partial charge is 0.295 e. The number of rotatable bonds is 4. The Bertz CT molecular complexity index is 1160. The van der Waals surface area contributed by atoms with E-state index < -0.39 is 5.91 Å². The fourth-order valence-electron chi connectivity index (χ4n) is 2.82. The van der Waals surface area contributed by atoms with E-state index in [1.807, 2.05) is 31.2 Å². The number of hydrogen-bond acceptors (Lipinski definition) is 3. The minimum Gasteiger partial charge on any atom is -0.319 e. The van der Waals surface area contributed by atoms with Crippen LogP contribution in [0, 0.1) is 12.7 Å². The molecule has 0 fully saturated rings. The minimum absolute atomic E-state index is 0.0408. The van der Waals surface area contributed by atoms with Crippen LogP contribution in [0.4, 0.5) is 10.1 Å². The van der Waals surface area contributed by atoms with Crippen LogP contribution in [0.5, 0.6) is 0 Å². The topological polar surface area (TPSA) is 59.8 Å². The number of aromatic nitrogens is 3. The summed E-state index contributed by atoms with van der Waals surface area (Å²) < 4.78 is 14.9. The molecule has 1 aromatic heterocycles. The van der Waals surface area contributed by atoms with E-state index in [1.54, 1.807) is 35.0 Å². The average Bonchev–Trinajstić information content (AvgIpc) is 3.17. The Balaban J connectivity index is 1.74. The Morgan fingerprint density at radius 3 is 2.33 bits per heavy atom. The van der Waals surface area contributed by atoms with E-state index >= 15 is 0 Å². The summed E-state index contributed by atoms with van der Waals surface area (Å²) in [5.74, 6) is -0.500. The van der Waals surface area contributed by atoms with Gasteiger partial charge in [-0.15, -0.1) is 5.10 Å². The van der Waals surface area contributed by atoms with E-state index in [1.165, 1.54) is 12.1 Å². The van der Waals surface area contributed by atoms with Crippen LogP contribution >= 0.6 is 23.2 Å². The lowest BCUT2D eigenvalue weighted by Crippen LogP contribution is -2.14. The molecule has 8 heteroatoms. The fraction of sp³-hybridized carbons (Fsp3) is 0.0455. The van der Waals surface area contributed by atoms with Crippen molar-refractivity contribution in [2.45, 2.75) is 6.92 Å². The standard InChI is InChI=1S/C22H15Cl2FN4O/c1-13-2-9-17(10-3-13)29-21(14-4-6-15(25)7-5-14)27-20(28-29)22(30)26-16-8-11-18(23)19(24)12-16/h2-12H,1H3,(H,26,30). The predicted octanol–water partition coefficient (Wildman–Crippen LogP) is 5.94. The molecule has 0 saturated carbocycles. The van der Waals surface area contributed by atoms with Crippen molar-refractivity contribution in [1.29, 1.82) is 0 Å². The molecule has 0 bridgehead atoms. The number of nitrogens with one attached hydrogen (secondary N) is 1. The van der Waals surface area contributed by atoms with Crippen LogP contribution in [-0.4, -0.2) is 20.7 Å². The summed E-state index contributed by atoms with van der Waals surface area (Å²) in [6, 6.07) is 18.2. The molecular formula is C22H15Cl2FN4O. The van der Waals surface area contributed by atoms with Crippen LogP contribution in [-0.2, 0) is 0 Å². The normalized spacial score (nSPS) is 10.8. The van der Waals surface area contributed by atoms with Gasteiger partial charge in [-0.2, -0.15) is 0 Å². The third kappa shape index (κ3) is 4.20. The summed E-state index contributed by atoms with van der Waals surface area (Å²) in [5, 5.41) is 7.80. The molecule has 0 atom stereocenters. The number of carbonyl (C=O) groups excluding carboxylic acids is 1. The lowest BCUT2D eigenvalue weighted by Gasteiger charge is -2.06. The Kier molecular flexibility index (Phi) is 5.53. The summed E-state index contributed by atoms with van der Waals surface area (Å²) in [6.07, 6.45) is 0. The molecular weight excluding hydrogens is 426 g/mol. The van der Waals surface area contributed by atoms with E-state index in [4.69, 9.17) is 23.2 Å². The molecule has 0 spiro atoms. The van der Waals surface area contributed by atoms with Crippen LogP contribution in [0.1, 0.15) is 16.2 Å². The van der Waals surface area contributed by atoms with Crippen LogP contribution in [0.2, 0.25) is 10.0 Å². The quantitative estimate of drug-likeness (QED) is 0.426. The molecule has 0 aliphatic rings. The molecule has 1 amide bonds. The predicted molar refractivity (Wildman–Crippen MR) is 116 cm³/mol. The highest BCUT2D eigenvalue weighted by atomic mass is 35.5. The van der Waals surface area contributed by atoms with E-state index in [9.17, 15) is 9.18 Å². The van der Waals surface area contributed by atoms with Crippen molar-refractivity contribution in [2.75, 3.05) is 5.32 Å². The van der Waals surface area contributed by atoms with Crippen molar-refractivity contribution in [3.63, 3.8) is 0 Å². The molecule has 5 nitrogen and oxygen atoms in total. The first-order valence-electron chi connectivity index (χ1n) is 8.97. The number of hydrogen-bond donors (Lipinski definition) is 1. The zero-order valence-electron chi connectivity index (χ0n) is 15.7. The van der Waals surface area contributed by atoms with Crippen molar-refractivity contribution in [3.8, 4) is 17.1 Å². The molecule has 0 saturated heterocycles. The second-order valence-electron chi connectivity index (χ2n) is 6.60. The molecule has 4 aromatic rings. The van der Waals surface area contributed by atoms with Gasteiger partial charge in [-0.05, 0) is 61.5 Å². The van der Waals surface area contributed by atoms with Crippen molar-refractivity contribution >= 4 is 34.8 Å². The maximum absolute atomic E-state index is 13.4. The number of amides is 1. The molecule has 3 aromatic carbocycles. The van der Waals surface area contributed by atoms with Gasteiger partial charge in [0.15, 0.2) is 5.82 Å². The van der Waals surface area contributed by atoms with E-state index in [0.717, 1.165) is 11.3 Å². The van der Waals surface area contributed by atoms with Gasteiger partial charge in [0, 0.05) is 11.3 Å². The Morgan fingerprint density at radius 2 is 1.67 bits per heavy atom. The molecule has 1 heterocycles. The molecule has 0 aliphatic heterocycles. The van der Waals surface area contributed by atoms with Gasteiger partial charge in [0.1, 0.15) is 5.82 Å². The number of benzene rings is 3. The monoisotopic (exact) mass is 440 g/mol. The van der Waals surface area contributed by atoms with Gasteiger partial charge in [0.05, 0.1) is 15.7 Å². The first-order chi connectivity index (χ1) is 14.4. The molecule has 0 radical (unpaired) electrons. The number of halogens is 3. The molecule has 4 rings (SSSR count). The van der Waals surface area contributed by atoms with Gasteiger partial charge in [0.25, 0.3) is 5.91 Å². The first-order valence-corrected chi connectivity index (χ1v) is 9.73. The first kappa shape index (κ1) is 20.1. The van der Waals surface area contributed by atoms with Crippen molar-refractivity contribution < 1.29 is 9.18 Å². The maximum Gasteiger partial charge on any atom is 0.295 e. The molecule has 150 valence electrons. The van der Waals surface area contributed by atoms with Gasteiger partial charge in [-0.3, -0.25) is 4.79 Å². The zero-order chi connectivity index (χ0) is 21.3. The third-order valence-corrected chi connectivity index (χ3v) is 5.11. The molecule has 30 heavy (non-hydrogen) atoms. The van der Waals surface area contributed by atoms with Crippen LogP contribution in [0.15, 0.2) is 66.7 Å². The Morgan fingerprint density at radius 1 is 0.967 bits per heavy atom. The Labute approximate surface area is 182 Å². The highest BCUT2D eigenvalue weighted by Gasteiger charge is 2.19. The van der Waals surface area contributed by atoms with Gasteiger partial charge in [-0.25, -0.2) is 14.1 Å². The van der Waals surface area contributed by atoms with Gasteiger partial charge < -0.3 is 5.32 Å². The number of anilines is 1. The van der Waals surface area contributed by atoms with Crippen LogP contribution in [0.3, 0.4) is 0 Å². The van der Waals surface area contributed by atoms with E-state index in [2.05, 4.69) is 15.4 Å². The molecule has 1 N–H and O–H groups in total. The summed E-state index contributed by atoms with van der Waals surface area (Å²) in [4.78, 5) is 17.2. The van der Waals surface area contributed by atoms with Crippen molar-refractivity contribution in [3.05, 3.63) is 94.0 Å². The summed E-state index contributed by atoms with van der Waals surface area (Å²) >= 11 is 11.9. The van der Waals surface area contributed by atoms with E-state index in [-0.39, 0.29) is 11.6 Å². The second-order valence-corrected chi connectivity index (χ2v) is 7.41. The highest BCUT2D eigenvalue weighted by Crippen LogP contribution is 2.26. The SMILES string of the molecule is Cc1ccc(-n2nc(C(=O)Nc3ccc(Cl)c(Cl)c3)nc2-c2ccc(F)cc2)cc1. The Hall–Kier alpha value is -3.22. The molecule has 0 aliphatic carbocycles. The lowest BCUT2D eigenvalue weighted by molar-refractivity contribution is 0.101. The highest BCUT2D eigenvalue weighted by molar-refractivity contribution is 6.42. The number of aryl methyl sites for hydroxylation is 1. The largest absolute Gasteiger partial charge is 0.319 e. The lowest BCUT2D eigenvalue weighted by atomic mass is 10.2. The zero-order valence-corrected chi connectivity index (χ0v) is 17.2. The third-order valence-electron chi connectivity index (χ3n) is 4.37. The average molecular weight is 441 g/mol. The fourth-order valence-corrected chi connectivity index (χ4v) is 3.12. The van der Waals surface area contributed by atoms with Gasteiger partial charge in [0.2, 0.25) is 5.82 Å².